The van der Waals surface area contributed by atoms with Gasteiger partial charge in [-0.3, -0.25) is 0 Å². The van der Waals surface area contributed by atoms with Gasteiger partial charge in [-0.05, 0) is 49.4 Å². The largest absolute Gasteiger partial charge is 0.497 e. The number of nitrogens with one attached hydrogen (secondary N) is 2. The van der Waals surface area contributed by atoms with Crippen LogP contribution in [-0.4, -0.2) is 40.4 Å². The normalized spacial score (nSPS) is 24.7. The highest BCUT2D eigenvalue weighted by Crippen LogP contribution is 2.29. The Bertz CT molecular complexity index is 630. The molecule has 2 aliphatic rings. The SMILES string of the molecule is COc1ccc(C2CCNCC2NS(=O)(=O)CC2CCCC2)cc1.Cl. The average molecular weight is 389 g/mol. The minimum Gasteiger partial charge on any atom is -0.497 e. The number of halogens is 1. The highest BCUT2D eigenvalue weighted by atomic mass is 35.5. The van der Waals surface area contributed by atoms with Crippen molar-refractivity contribution >= 4 is 22.4 Å². The molecule has 2 unspecified atom stereocenters. The number of ether oxygens (including phenoxy) is 1. The van der Waals surface area contributed by atoms with Gasteiger partial charge in [-0.15, -0.1) is 12.4 Å². The van der Waals surface area contributed by atoms with Gasteiger partial charge in [0, 0.05) is 18.5 Å². The molecule has 2 atom stereocenters. The molecule has 0 radical (unpaired) electrons. The lowest BCUT2D eigenvalue weighted by Crippen LogP contribution is -2.50. The fraction of sp³-hybridized carbons (Fsp3) is 0.667. The minimum absolute atomic E-state index is 0. The highest BCUT2D eigenvalue weighted by Gasteiger charge is 2.31. The fourth-order valence-corrected chi connectivity index (χ4v) is 5.76. The standard InChI is InChI=1S/C18H28N2O3S.ClH/c1-23-16-8-6-15(7-9-16)17-10-11-19-12-18(17)20-24(21,22)13-14-4-2-3-5-14;/h6-9,14,17-20H,2-5,10-13H2,1H3;1H. The number of methoxy groups -OCH3 is 1. The summed E-state index contributed by atoms with van der Waals surface area (Å²) in [5, 5.41) is 3.32. The second-order valence-electron chi connectivity index (χ2n) is 7.03. The quantitative estimate of drug-likeness (QED) is 0.786. The lowest BCUT2D eigenvalue weighted by molar-refractivity contribution is 0.376. The second kappa shape index (κ2) is 9.21. The van der Waals surface area contributed by atoms with Gasteiger partial charge >= 0.3 is 0 Å². The molecule has 5 nitrogen and oxygen atoms in total. The maximum atomic E-state index is 12.6. The summed E-state index contributed by atoms with van der Waals surface area (Å²) in [5.41, 5.74) is 1.17. The Kier molecular flexibility index (Phi) is 7.55. The molecular weight excluding hydrogens is 360 g/mol. The van der Waals surface area contributed by atoms with Crippen LogP contribution in [0.1, 0.15) is 43.6 Å². The number of hydrogen-bond donors (Lipinski definition) is 2. The average Bonchev–Trinajstić information content (AvgIpc) is 3.07. The molecule has 1 aromatic rings. The molecule has 1 heterocycles. The Hall–Kier alpha value is -0.820. The topological polar surface area (TPSA) is 67.4 Å². The van der Waals surface area contributed by atoms with E-state index in [1.165, 1.54) is 18.4 Å². The van der Waals surface area contributed by atoms with Crippen molar-refractivity contribution in [3.63, 3.8) is 0 Å². The Morgan fingerprint density at radius 3 is 2.48 bits per heavy atom. The first-order valence-electron chi connectivity index (χ1n) is 8.92. The first kappa shape index (κ1) is 20.5. The van der Waals surface area contributed by atoms with Crippen molar-refractivity contribution in [3.8, 4) is 5.75 Å². The lowest BCUT2D eigenvalue weighted by Gasteiger charge is -2.33. The zero-order valence-corrected chi connectivity index (χ0v) is 16.4. The van der Waals surface area contributed by atoms with E-state index in [9.17, 15) is 8.42 Å². The summed E-state index contributed by atoms with van der Waals surface area (Å²) < 4.78 is 33.3. The molecule has 1 saturated heterocycles. The van der Waals surface area contributed by atoms with E-state index < -0.39 is 10.0 Å². The van der Waals surface area contributed by atoms with Crippen LogP contribution < -0.4 is 14.8 Å². The van der Waals surface area contributed by atoms with Crippen molar-refractivity contribution in [2.24, 2.45) is 5.92 Å². The predicted molar refractivity (Wildman–Crippen MR) is 103 cm³/mol. The second-order valence-corrected chi connectivity index (χ2v) is 8.83. The van der Waals surface area contributed by atoms with Crippen molar-refractivity contribution in [1.29, 1.82) is 0 Å². The van der Waals surface area contributed by atoms with Crippen LogP contribution in [0.5, 0.6) is 5.75 Å². The Morgan fingerprint density at radius 2 is 1.84 bits per heavy atom. The Balaban J connectivity index is 0.00000225. The van der Waals surface area contributed by atoms with Crippen molar-refractivity contribution in [2.45, 2.75) is 44.1 Å². The maximum absolute atomic E-state index is 12.6. The summed E-state index contributed by atoms with van der Waals surface area (Å²) in [6, 6.07) is 7.90. The molecule has 0 bridgehead atoms. The summed E-state index contributed by atoms with van der Waals surface area (Å²) in [6.45, 7) is 1.60. The molecule has 7 heteroatoms. The van der Waals surface area contributed by atoms with E-state index in [2.05, 4.69) is 10.0 Å². The van der Waals surface area contributed by atoms with Gasteiger partial charge in [0.1, 0.15) is 5.75 Å². The third kappa shape index (κ3) is 5.58. The summed E-state index contributed by atoms with van der Waals surface area (Å²) in [6.07, 6.45) is 5.36. The van der Waals surface area contributed by atoms with Crippen LogP contribution >= 0.6 is 12.4 Å². The van der Waals surface area contributed by atoms with Gasteiger partial charge in [0.25, 0.3) is 0 Å². The van der Waals surface area contributed by atoms with Crippen LogP contribution in [0, 0.1) is 5.92 Å². The molecule has 1 aliphatic carbocycles. The van der Waals surface area contributed by atoms with Crippen LogP contribution in [0.15, 0.2) is 24.3 Å². The molecule has 3 rings (SSSR count). The molecule has 1 aromatic carbocycles. The zero-order valence-electron chi connectivity index (χ0n) is 14.7. The van der Waals surface area contributed by atoms with Crippen molar-refractivity contribution in [3.05, 3.63) is 29.8 Å². The molecule has 142 valence electrons. The number of benzene rings is 1. The summed E-state index contributed by atoms with van der Waals surface area (Å²) >= 11 is 0. The van der Waals surface area contributed by atoms with Gasteiger partial charge in [-0.2, -0.15) is 0 Å². The third-order valence-electron chi connectivity index (χ3n) is 5.29. The number of sulfonamides is 1. The number of rotatable bonds is 6. The van der Waals surface area contributed by atoms with Gasteiger partial charge in [0.05, 0.1) is 12.9 Å². The van der Waals surface area contributed by atoms with Gasteiger partial charge in [-0.25, -0.2) is 13.1 Å². The Morgan fingerprint density at radius 1 is 1.16 bits per heavy atom. The van der Waals surface area contributed by atoms with Gasteiger partial charge in [0.2, 0.25) is 10.0 Å². The first-order valence-corrected chi connectivity index (χ1v) is 10.6. The van der Waals surface area contributed by atoms with E-state index in [0.29, 0.717) is 12.5 Å². The number of piperidine rings is 1. The monoisotopic (exact) mass is 388 g/mol. The molecule has 0 aromatic heterocycles. The van der Waals surface area contributed by atoms with Crippen molar-refractivity contribution in [1.82, 2.24) is 10.0 Å². The van der Waals surface area contributed by atoms with E-state index >= 15 is 0 Å². The molecule has 1 aliphatic heterocycles. The summed E-state index contributed by atoms with van der Waals surface area (Å²) in [7, 11) is -1.58. The third-order valence-corrected chi connectivity index (χ3v) is 6.86. The highest BCUT2D eigenvalue weighted by molar-refractivity contribution is 7.89. The zero-order chi connectivity index (χ0) is 17.0. The van der Waals surface area contributed by atoms with Crippen LogP contribution in [0.25, 0.3) is 0 Å². The van der Waals surface area contributed by atoms with E-state index in [-0.39, 0.29) is 30.1 Å². The van der Waals surface area contributed by atoms with Crippen LogP contribution in [-0.2, 0) is 10.0 Å². The van der Waals surface area contributed by atoms with Gasteiger partial charge in [0.15, 0.2) is 0 Å². The van der Waals surface area contributed by atoms with Crippen LogP contribution in [0.3, 0.4) is 0 Å². The van der Waals surface area contributed by atoms with Gasteiger partial charge in [-0.1, -0.05) is 25.0 Å². The van der Waals surface area contributed by atoms with Crippen molar-refractivity contribution < 1.29 is 13.2 Å². The van der Waals surface area contributed by atoms with Crippen LogP contribution in [0.4, 0.5) is 0 Å². The molecule has 0 amide bonds. The molecular formula is C18H29ClN2O3S. The van der Waals surface area contributed by atoms with E-state index in [1.54, 1.807) is 7.11 Å². The first-order chi connectivity index (χ1) is 11.6. The fourth-order valence-electron chi connectivity index (χ4n) is 4.00. The van der Waals surface area contributed by atoms with E-state index in [1.807, 2.05) is 24.3 Å². The van der Waals surface area contributed by atoms with E-state index in [4.69, 9.17) is 4.74 Å². The van der Waals surface area contributed by atoms with Crippen molar-refractivity contribution in [2.75, 3.05) is 26.0 Å². The molecule has 2 fully saturated rings. The van der Waals surface area contributed by atoms with E-state index in [0.717, 1.165) is 31.6 Å². The molecule has 2 N–H and O–H groups in total. The summed E-state index contributed by atoms with van der Waals surface area (Å²) in [4.78, 5) is 0. The minimum atomic E-state index is -3.23. The Labute approximate surface area is 157 Å². The maximum Gasteiger partial charge on any atom is 0.212 e. The molecule has 0 spiro atoms. The van der Waals surface area contributed by atoms with Gasteiger partial charge < -0.3 is 10.1 Å². The molecule has 1 saturated carbocycles. The molecule has 25 heavy (non-hydrogen) atoms. The predicted octanol–water partition coefficient (Wildman–Crippen LogP) is 2.67. The summed E-state index contributed by atoms with van der Waals surface area (Å²) in [5.74, 6) is 1.64. The lowest BCUT2D eigenvalue weighted by atomic mass is 9.86. The smallest absolute Gasteiger partial charge is 0.212 e. The van der Waals surface area contributed by atoms with Crippen LogP contribution in [0.2, 0.25) is 0 Å². The number of hydrogen-bond acceptors (Lipinski definition) is 4.